The van der Waals surface area contributed by atoms with E-state index in [2.05, 4.69) is 5.32 Å². The Balaban J connectivity index is 1.88. The standard InChI is InChI=1S/C16H20Cl2N2O2S/c1-2-22-15(21)12-4-3-7-20(10-12)16(23)19-9-11-5-6-13(17)8-14(11)18/h5-6,8,12H,2-4,7,9-10H2,1H3,(H,19,23). The van der Waals surface area contributed by atoms with Crippen LogP contribution in [-0.2, 0) is 16.1 Å². The number of ether oxygens (including phenoxy) is 1. The van der Waals surface area contributed by atoms with E-state index in [1.54, 1.807) is 12.1 Å². The Morgan fingerprint density at radius 1 is 1.48 bits per heavy atom. The number of carbonyl (C=O) groups is 1. The van der Waals surface area contributed by atoms with Crippen LogP contribution in [0, 0.1) is 5.92 Å². The maximum Gasteiger partial charge on any atom is 0.310 e. The fourth-order valence-corrected chi connectivity index (χ4v) is 3.28. The third-order valence-electron chi connectivity index (χ3n) is 3.77. The lowest BCUT2D eigenvalue weighted by Crippen LogP contribution is -2.47. The van der Waals surface area contributed by atoms with Gasteiger partial charge in [-0.05, 0) is 49.7 Å². The molecule has 0 spiro atoms. The first-order valence-electron chi connectivity index (χ1n) is 7.64. The van der Waals surface area contributed by atoms with E-state index in [9.17, 15) is 4.79 Å². The van der Waals surface area contributed by atoms with Crippen molar-refractivity contribution in [2.24, 2.45) is 5.92 Å². The first-order chi connectivity index (χ1) is 11.0. The molecule has 1 unspecified atom stereocenters. The molecule has 1 aliphatic rings. The van der Waals surface area contributed by atoms with E-state index in [0.29, 0.717) is 34.9 Å². The monoisotopic (exact) mass is 374 g/mol. The fourth-order valence-electron chi connectivity index (χ4n) is 2.56. The average molecular weight is 375 g/mol. The zero-order valence-electron chi connectivity index (χ0n) is 13.0. The minimum Gasteiger partial charge on any atom is -0.466 e. The van der Waals surface area contributed by atoms with Gasteiger partial charge in [0.05, 0.1) is 12.5 Å². The Morgan fingerprint density at radius 2 is 2.26 bits per heavy atom. The first-order valence-corrected chi connectivity index (χ1v) is 8.81. The molecule has 0 bridgehead atoms. The highest BCUT2D eigenvalue weighted by atomic mass is 35.5. The Bertz CT molecular complexity index is 583. The van der Waals surface area contributed by atoms with Crippen molar-refractivity contribution >= 4 is 46.5 Å². The van der Waals surface area contributed by atoms with Crippen LogP contribution in [0.2, 0.25) is 10.0 Å². The molecular weight excluding hydrogens is 355 g/mol. The number of thiocarbonyl (C=S) groups is 1. The lowest BCUT2D eigenvalue weighted by molar-refractivity contribution is -0.149. The lowest BCUT2D eigenvalue weighted by Gasteiger charge is -2.33. The smallest absolute Gasteiger partial charge is 0.310 e. The number of carbonyl (C=O) groups excluding carboxylic acids is 1. The van der Waals surface area contributed by atoms with Gasteiger partial charge in [0, 0.05) is 29.7 Å². The molecule has 1 fully saturated rings. The van der Waals surface area contributed by atoms with Gasteiger partial charge in [-0.2, -0.15) is 0 Å². The van der Waals surface area contributed by atoms with Crippen LogP contribution in [0.15, 0.2) is 18.2 Å². The molecule has 23 heavy (non-hydrogen) atoms. The highest BCUT2D eigenvalue weighted by molar-refractivity contribution is 7.80. The summed E-state index contributed by atoms with van der Waals surface area (Å²) in [5.41, 5.74) is 0.928. The van der Waals surface area contributed by atoms with E-state index in [4.69, 9.17) is 40.2 Å². The third kappa shape index (κ3) is 5.23. The van der Waals surface area contributed by atoms with E-state index < -0.39 is 0 Å². The highest BCUT2D eigenvalue weighted by Crippen LogP contribution is 2.21. The molecule has 0 amide bonds. The zero-order chi connectivity index (χ0) is 16.8. The summed E-state index contributed by atoms with van der Waals surface area (Å²) in [6.45, 7) is 4.19. The maximum atomic E-state index is 11.9. The second-order valence-corrected chi connectivity index (χ2v) is 6.66. The number of nitrogens with zero attached hydrogens (tertiary/aromatic N) is 1. The van der Waals surface area contributed by atoms with E-state index >= 15 is 0 Å². The van der Waals surface area contributed by atoms with Gasteiger partial charge in [-0.15, -0.1) is 0 Å². The topological polar surface area (TPSA) is 41.6 Å². The summed E-state index contributed by atoms with van der Waals surface area (Å²) in [5.74, 6) is -0.247. The molecule has 0 radical (unpaired) electrons. The second kappa shape index (κ2) is 8.71. The Labute approximate surface area is 152 Å². The molecular formula is C16H20Cl2N2O2S. The molecule has 4 nitrogen and oxygen atoms in total. The van der Waals surface area contributed by atoms with E-state index in [0.717, 1.165) is 24.9 Å². The fraction of sp³-hybridized carbons (Fsp3) is 0.500. The Hall–Kier alpha value is -1.04. The van der Waals surface area contributed by atoms with Gasteiger partial charge in [-0.1, -0.05) is 29.3 Å². The lowest BCUT2D eigenvalue weighted by atomic mass is 9.98. The van der Waals surface area contributed by atoms with Crippen molar-refractivity contribution in [3.63, 3.8) is 0 Å². The van der Waals surface area contributed by atoms with Crippen LogP contribution in [0.1, 0.15) is 25.3 Å². The maximum absolute atomic E-state index is 11.9. The predicted octanol–water partition coefficient (Wildman–Crippen LogP) is 3.64. The number of nitrogens with one attached hydrogen (secondary N) is 1. The highest BCUT2D eigenvalue weighted by Gasteiger charge is 2.27. The van der Waals surface area contributed by atoms with Crippen LogP contribution in [0.3, 0.4) is 0 Å². The summed E-state index contributed by atoms with van der Waals surface area (Å²) in [6.07, 6.45) is 1.77. The molecule has 1 aliphatic heterocycles. The third-order valence-corrected chi connectivity index (χ3v) is 4.76. The minimum atomic E-state index is -0.138. The second-order valence-electron chi connectivity index (χ2n) is 5.43. The van der Waals surface area contributed by atoms with E-state index in [-0.39, 0.29) is 11.9 Å². The van der Waals surface area contributed by atoms with Crippen molar-refractivity contribution in [1.29, 1.82) is 0 Å². The molecule has 7 heteroatoms. The van der Waals surface area contributed by atoms with Crippen LogP contribution < -0.4 is 5.32 Å². The Morgan fingerprint density at radius 3 is 2.96 bits per heavy atom. The first kappa shape index (κ1) is 18.3. The van der Waals surface area contributed by atoms with Gasteiger partial charge in [0.1, 0.15) is 0 Å². The van der Waals surface area contributed by atoms with Gasteiger partial charge < -0.3 is 15.0 Å². The van der Waals surface area contributed by atoms with E-state index in [1.165, 1.54) is 0 Å². The summed E-state index contributed by atoms with van der Waals surface area (Å²) >= 11 is 17.5. The number of halogens is 2. The summed E-state index contributed by atoms with van der Waals surface area (Å²) in [5, 5.41) is 5.04. The van der Waals surface area contributed by atoms with Gasteiger partial charge in [0.25, 0.3) is 0 Å². The average Bonchev–Trinajstić information content (AvgIpc) is 2.54. The molecule has 1 saturated heterocycles. The van der Waals surface area contributed by atoms with Crippen molar-refractivity contribution in [1.82, 2.24) is 10.2 Å². The van der Waals surface area contributed by atoms with Gasteiger partial charge in [-0.3, -0.25) is 4.79 Å². The number of rotatable bonds is 4. The SMILES string of the molecule is CCOC(=O)C1CCCN(C(=S)NCc2ccc(Cl)cc2Cl)C1. The summed E-state index contributed by atoms with van der Waals surface area (Å²) < 4.78 is 5.11. The van der Waals surface area contributed by atoms with E-state index in [1.807, 2.05) is 17.9 Å². The molecule has 0 aliphatic carbocycles. The van der Waals surface area contributed by atoms with Crippen molar-refractivity contribution in [2.75, 3.05) is 19.7 Å². The van der Waals surface area contributed by atoms with Gasteiger partial charge in [-0.25, -0.2) is 0 Å². The van der Waals surface area contributed by atoms with Gasteiger partial charge in [0.15, 0.2) is 5.11 Å². The number of benzene rings is 1. The van der Waals surface area contributed by atoms with Crippen LogP contribution in [0.5, 0.6) is 0 Å². The predicted molar refractivity (Wildman–Crippen MR) is 96.8 cm³/mol. The summed E-state index contributed by atoms with van der Waals surface area (Å²) in [6, 6.07) is 5.38. The summed E-state index contributed by atoms with van der Waals surface area (Å²) in [7, 11) is 0. The number of hydrogen-bond acceptors (Lipinski definition) is 3. The molecule has 0 saturated carbocycles. The molecule has 0 aromatic heterocycles. The molecule has 1 N–H and O–H groups in total. The van der Waals surface area contributed by atoms with Crippen LogP contribution in [0.4, 0.5) is 0 Å². The number of hydrogen-bond donors (Lipinski definition) is 1. The molecule has 1 aromatic carbocycles. The largest absolute Gasteiger partial charge is 0.466 e. The van der Waals surface area contributed by atoms with Crippen LogP contribution >= 0.6 is 35.4 Å². The summed E-state index contributed by atoms with van der Waals surface area (Å²) in [4.78, 5) is 13.9. The van der Waals surface area contributed by atoms with Gasteiger partial charge >= 0.3 is 5.97 Å². The van der Waals surface area contributed by atoms with Crippen LogP contribution in [0.25, 0.3) is 0 Å². The number of likely N-dealkylation sites (tertiary alicyclic amines) is 1. The molecule has 1 heterocycles. The molecule has 126 valence electrons. The Kier molecular flexibility index (Phi) is 6.93. The van der Waals surface area contributed by atoms with Crippen molar-refractivity contribution in [3.8, 4) is 0 Å². The van der Waals surface area contributed by atoms with Crippen molar-refractivity contribution < 1.29 is 9.53 Å². The van der Waals surface area contributed by atoms with Crippen LogP contribution in [-0.4, -0.2) is 35.7 Å². The number of piperidine rings is 1. The zero-order valence-corrected chi connectivity index (χ0v) is 15.3. The minimum absolute atomic E-state index is 0.109. The van der Waals surface area contributed by atoms with Gasteiger partial charge in [0.2, 0.25) is 0 Å². The van der Waals surface area contributed by atoms with Crippen molar-refractivity contribution in [2.45, 2.75) is 26.3 Å². The molecule has 1 aromatic rings. The number of esters is 1. The normalized spacial score (nSPS) is 17.7. The molecule has 1 atom stereocenters. The van der Waals surface area contributed by atoms with Crippen molar-refractivity contribution in [3.05, 3.63) is 33.8 Å². The quantitative estimate of drug-likeness (QED) is 0.643. The molecule has 2 rings (SSSR count).